The van der Waals surface area contributed by atoms with Crippen molar-refractivity contribution >= 4 is 18.1 Å². The SMILES string of the molecule is CCCCCCc1ccc(-c2noc([C@@H]3CCN3C(=NC(=O)OC(C)(C)C)N(C(=O)O)C(C)(C)C)n2)cc1. The lowest BCUT2D eigenvalue weighted by Gasteiger charge is -2.45. The lowest BCUT2D eigenvalue weighted by atomic mass is 10.0. The Labute approximate surface area is 225 Å². The van der Waals surface area contributed by atoms with Crippen molar-refractivity contribution in [3.05, 3.63) is 35.7 Å². The number of unbranched alkanes of at least 4 members (excludes halogenated alkanes) is 3. The van der Waals surface area contributed by atoms with Gasteiger partial charge in [-0.3, -0.25) is 0 Å². The Morgan fingerprint density at radius 2 is 1.82 bits per heavy atom. The molecule has 0 unspecified atom stereocenters. The summed E-state index contributed by atoms with van der Waals surface area (Å²) in [6.07, 6.45) is 4.47. The molecule has 208 valence electrons. The minimum atomic E-state index is -1.23. The quantitative estimate of drug-likeness (QED) is 0.240. The third-order valence-electron chi connectivity index (χ3n) is 6.18. The van der Waals surface area contributed by atoms with Gasteiger partial charge >= 0.3 is 12.2 Å². The van der Waals surface area contributed by atoms with E-state index in [1.54, 1.807) is 46.4 Å². The third kappa shape index (κ3) is 7.55. The summed E-state index contributed by atoms with van der Waals surface area (Å²) in [7, 11) is 0. The number of aromatic nitrogens is 2. The summed E-state index contributed by atoms with van der Waals surface area (Å²) < 4.78 is 11.0. The van der Waals surface area contributed by atoms with Crippen molar-refractivity contribution in [2.75, 3.05) is 6.54 Å². The van der Waals surface area contributed by atoms with Crippen LogP contribution in [-0.4, -0.2) is 60.9 Å². The number of guanidine groups is 1. The molecule has 10 nitrogen and oxygen atoms in total. The number of rotatable bonds is 7. The van der Waals surface area contributed by atoms with Gasteiger partial charge in [-0.2, -0.15) is 4.98 Å². The molecule has 0 aliphatic carbocycles. The van der Waals surface area contributed by atoms with Gasteiger partial charge in [0.25, 0.3) is 0 Å². The van der Waals surface area contributed by atoms with E-state index in [1.807, 2.05) is 12.1 Å². The van der Waals surface area contributed by atoms with Gasteiger partial charge in [0.2, 0.25) is 17.7 Å². The number of aryl methyl sites for hydroxylation is 1. The van der Waals surface area contributed by atoms with E-state index in [0.29, 0.717) is 24.7 Å². The number of hydrogen-bond acceptors (Lipinski definition) is 6. The molecular formula is C28H41N5O5. The van der Waals surface area contributed by atoms with Crippen LogP contribution in [0.15, 0.2) is 33.8 Å². The first-order valence-electron chi connectivity index (χ1n) is 13.3. The van der Waals surface area contributed by atoms with Gasteiger partial charge < -0.3 is 19.3 Å². The highest BCUT2D eigenvalue weighted by molar-refractivity contribution is 5.99. The zero-order chi connectivity index (χ0) is 28.1. The Hall–Kier alpha value is -3.43. The average molecular weight is 528 g/mol. The topological polar surface area (TPSA) is 121 Å². The molecule has 1 aliphatic heterocycles. The van der Waals surface area contributed by atoms with Crippen LogP contribution in [0.2, 0.25) is 0 Å². The Morgan fingerprint density at radius 1 is 1.13 bits per heavy atom. The minimum Gasteiger partial charge on any atom is -0.465 e. The molecule has 10 heteroatoms. The van der Waals surface area contributed by atoms with Gasteiger partial charge in [0, 0.05) is 17.6 Å². The molecule has 1 N–H and O–H groups in total. The highest BCUT2D eigenvalue weighted by Crippen LogP contribution is 2.35. The number of aliphatic imine (C=N–C) groups is 1. The second-order valence-corrected chi connectivity index (χ2v) is 11.6. The Bertz CT molecular complexity index is 1130. The van der Waals surface area contributed by atoms with Crippen LogP contribution in [0.1, 0.15) is 98.1 Å². The largest absolute Gasteiger partial charge is 0.465 e. The summed E-state index contributed by atoms with van der Waals surface area (Å²) >= 11 is 0. The lowest BCUT2D eigenvalue weighted by Crippen LogP contribution is -2.59. The Balaban J connectivity index is 1.82. The number of carbonyl (C=O) groups is 2. The maximum absolute atomic E-state index is 12.6. The van der Waals surface area contributed by atoms with Gasteiger partial charge in [-0.1, -0.05) is 55.6 Å². The molecule has 38 heavy (non-hydrogen) atoms. The van der Waals surface area contributed by atoms with E-state index in [1.165, 1.54) is 31.2 Å². The summed E-state index contributed by atoms with van der Waals surface area (Å²) in [5, 5.41) is 14.2. The van der Waals surface area contributed by atoms with Crippen LogP contribution in [0.4, 0.5) is 9.59 Å². The van der Waals surface area contributed by atoms with E-state index in [4.69, 9.17) is 9.26 Å². The summed E-state index contributed by atoms with van der Waals surface area (Å²) in [6, 6.07) is 7.74. The van der Waals surface area contributed by atoms with Gasteiger partial charge in [-0.25, -0.2) is 14.5 Å². The summed E-state index contributed by atoms with van der Waals surface area (Å²) in [4.78, 5) is 36.3. The number of amides is 2. The van der Waals surface area contributed by atoms with Crippen molar-refractivity contribution < 1.29 is 24.0 Å². The van der Waals surface area contributed by atoms with Crippen molar-refractivity contribution in [1.82, 2.24) is 19.9 Å². The molecule has 2 amide bonds. The van der Waals surface area contributed by atoms with Crippen LogP contribution in [-0.2, 0) is 11.2 Å². The molecule has 0 spiro atoms. The zero-order valence-electron chi connectivity index (χ0n) is 23.7. The first-order valence-corrected chi connectivity index (χ1v) is 13.3. The monoisotopic (exact) mass is 527 g/mol. The molecule has 1 fully saturated rings. The van der Waals surface area contributed by atoms with E-state index in [2.05, 4.69) is 34.2 Å². The van der Waals surface area contributed by atoms with E-state index >= 15 is 0 Å². The molecule has 0 saturated carbocycles. The van der Waals surface area contributed by atoms with Crippen LogP contribution in [0.5, 0.6) is 0 Å². The fourth-order valence-electron chi connectivity index (χ4n) is 4.23. The normalized spacial score (nSPS) is 16.2. The smallest absolute Gasteiger partial charge is 0.437 e. The van der Waals surface area contributed by atoms with E-state index in [0.717, 1.165) is 16.9 Å². The predicted octanol–water partition coefficient (Wildman–Crippen LogP) is 6.68. The van der Waals surface area contributed by atoms with Gasteiger partial charge in [0.05, 0.1) is 0 Å². The molecule has 3 rings (SSSR count). The maximum atomic E-state index is 12.6. The maximum Gasteiger partial charge on any atom is 0.437 e. The van der Waals surface area contributed by atoms with E-state index in [9.17, 15) is 14.7 Å². The van der Waals surface area contributed by atoms with Crippen LogP contribution in [0.3, 0.4) is 0 Å². The fraction of sp³-hybridized carbons (Fsp3) is 0.607. The number of carbonyl (C=O) groups excluding carboxylic acids is 1. The Kier molecular flexibility index (Phi) is 9.17. The highest BCUT2D eigenvalue weighted by atomic mass is 16.6. The first kappa shape index (κ1) is 29.1. The number of nitrogens with zero attached hydrogens (tertiary/aromatic N) is 5. The average Bonchev–Trinajstić information content (AvgIpc) is 3.23. The Morgan fingerprint density at radius 3 is 2.34 bits per heavy atom. The van der Waals surface area contributed by atoms with Gasteiger partial charge in [-0.05, 0) is 66.4 Å². The molecule has 2 aromatic rings. The van der Waals surface area contributed by atoms with Crippen molar-refractivity contribution in [3.8, 4) is 11.4 Å². The van der Waals surface area contributed by atoms with Gasteiger partial charge in [0.1, 0.15) is 11.6 Å². The van der Waals surface area contributed by atoms with Crippen LogP contribution in [0, 0.1) is 0 Å². The van der Waals surface area contributed by atoms with Crippen molar-refractivity contribution in [2.24, 2.45) is 4.99 Å². The summed E-state index contributed by atoms with van der Waals surface area (Å²) in [5.74, 6) is 0.773. The second-order valence-electron chi connectivity index (χ2n) is 11.6. The zero-order valence-corrected chi connectivity index (χ0v) is 23.7. The number of likely N-dealkylation sites (tertiary alicyclic amines) is 1. The van der Waals surface area contributed by atoms with Crippen molar-refractivity contribution in [3.63, 3.8) is 0 Å². The van der Waals surface area contributed by atoms with Crippen LogP contribution >= 0.6 is 0 Å². The number of benzene rings is 1. The molecule has 1 aliphatic rings. The fourth-order valence-corrected chi connectivity index (χ4v) is 4.23. The lowest BCUT2D eigenvalue weighted by molar-refractivity contribution is 0.0578. The number of carboxylic acid groups (broad SMARTS) is 1. The van der Waals surface area contributed by atoms with Gasteiger partial charge in [-0.15, -0.1) is 4.99 Å². The number of ether oxygens (including phenoxy) is 1. The second kappa shape index (κ2) is 12.0. The summed E-state index contributed by atoms with van der Waals surface area (Å²) in [6.45, 7) is 13.1. The molecule has 2 heterocycles. The number of hydrogen-bond donors (Lipinski definition) is 1. The highest BCUT2D eigenvalue weighted by Gasteiger charge is 2.43. The van der Waals surface area contributed by atoms with Gasteiger partial charge in [0.15, 0.2) is 0 Å². The predicted molar refractivity (Wildman–Crippen MR) is 145 cm³/mol. The molecule has 0 radical (unpaired) electrons. The summed E-state index contributed by atoms with van der Waals surface area (Å²) in [5.41, 5.74) is 0.471. The van der Waals surface area contributed by atoms with Crippen LogP contribution < -0.4 is 0 Å². The van der Waals surface area contributed by atoms with Crippen molar-refractivity contribution in [1.29, 1.82) is 0 Å². The first-order chi connectivity index (χ1) is 17.8. The third-order valence-corrected chi connectivity index (χ3v) is 6.18. The molecule has 1 aromatic heterocycles. The van der Waals surface area contributed by atoms with Crippen LogP contribution in [0.25, 0.3) is 11.4 Å². The molecule has 1 aromatic carbocycles. The molecule has 1 saturated heterocycles. The molecular weight excluding hydrogens is 486 g/mol. The molecule has 1 atom stereocenters. The van der Waals surface area contributed by atoms with E-state index < -0.39 is 29.4 Å². The van der Waals surface area contributed by atoms with E-state index in [-0.39, 0.29) is 5.96 Å². The van der Waals surface area contributed by atoms with Crippen molar-refractivity contribution in [2.45, 2.75) is 104 Å². The standard InChI is InChI=1S/C28H41N5O5/c1-8-9-10-11-12-19-13-15-20(16-14-19)22-29-23(38-31-22)21-17-18-32(21)24(30-25(34)37-28(5,6)7)33(26(35)36)27(2,3)4/h13-16,21H,8-12,17-18H2,1-7H3,(H,35,36)/t21-/m0/s1. The minimum absolute atomic E-state index is 0.0253. The molecule has 0 bridgehead atoms.